The van der Waals surface area contributed by atoms with E-state index in [9.17, 15) is 9.59 Å². The monoisotopic (exact) mass is 397 g/mol. The number of fused-ring (bicyclic) bond motifs is 1. The van der Waals surface area contributed by atoms with Crippen LogP contribution in [0.5, 0.6) is 5.75 Å². The zero-order valence-electron chi connectivity index (χ0n) is 16.2. The summed E-state index contributed by atoms with van der Waals surface area (Å²) in [5.74, 6) is -0.380. The highest BCUT2D eigenvalue weighted by Gasteiger charge is 2.23. The number of carbonyl (C=O) groups is 2. The standard InChI is InChI=1S/C22H23NO6/c1-26-13-7-12-23-20(24)15-28-22(25)21-18(14-27-16-8-3-2-4-9-16)17-10-5-6-11-19(17)29-21/h2-6,8-11H,7,12-15H2,1H3,(H,23,24). The molecule has 3 rings (SSSR count). The Kier molecular flexibility index (Phi) is 7.24. The lowest BCUT2D eigenvalue weighted by atomic mass is 10.1. The molecule has 1 N–H and O–H groups in total. The molecule has 0 unspecified atom stereocenters. The molecule has 3 aromatic rings. The Hall–Kier alpha value is -3.32. The molecule has 0 aliphatic rings. The van der Waals surface area contributed by atoms with Crippen LogP contribution in [-0.4, -0.2) is 38.7 Å². The first-order chi connectivity index (χ1) is 14.2. The maximum absolute atomic E-state index is 12.6. The Bertz CT molecular complexity index is 950. The van der Waals surface area contributed by atoms with Gasteiger partial charge >= 0.3 is 5.97 Å². The number of methoxy groups -OCH3 is 1. The van der Waals surface area contributed by atoms with Gasteiger partial charge in [-0.25, -0.2) is 4.79 Å². The Balaban J connectivity index is 1.67. The first kappa shape index (κ1) is 20.4. The van der Waals surface area contributed by atoms with E-state index < -0.39 is 5.97 Å². The lowest BCUT2D eigenvalue weighted by Gasteiger charge is -2.08. The molecular weight excluding hydrogens is 374 g/mol. The van der Waals surface area contributed by atoms with E-state index in [1.165, 1.54) is 0 Å². The molecule has 0 fully saturated rings. The van der Waals surface area contributed by atoms with Gasteiger partial charge in [-0.1, -0.05) is 36.4 Å². The highest BCUT2D eigenvalue weighted by molar-refractivity contribution is 5.96. The van der Waals surface area contributed by atoms with E-state index in [4.69, 9.17) is 18.6 Å². The molecule has 0 aliphatic heterocycles. The van der Waals surface area contributed by atoms with Crippen molar-refractivity contribution in [2.75, 3.05) is 26.9 Å². The summed E-state index contributed by atoms with van der Waals surface area (Å²) in [5.41, 5.74) is 1.13. The Labute approximate surface area is 168 Å². The SMILES string of the molecule is COCCCNC(=O)COC(=O)c1oc2ccccc2c1COc1ccccc1. The summed E-state index contributed by atoms with van der Waals surface area (Å²) in [7, 11) is 1.59. The van der Waals surface area contributed by atoms with E-state index in [0.29, 0.717) is 36.5 Å². The van der Waals surface area contributed by atoms with Crippen molar-refractivity contribution in [2.24, 2.45) is 0 Å². The molecule has 7 heteroatoms. The minimum absolute atomic E-state index is 0.0364. The number of carbonyl (C=O) groups excluding carboxylic acids is 2. The molecule has 1 aromatic heterocycles. The fourth-order valence-electron chi connectivity index (χ4n) is 2.77. The number of ether oxygens (including phenoxy) is 3. The molecule has 7 nitrogen and oxygen atoms in total. The second kappa shape index (κ2) is 10.3. The molecule has 29 heavy (non-hydrogen) atoms. The van der Waals surface area contributed by atoms with Gasteiger partial charge in [0.25, 0.3) is 5.91 Å². The largest absolute Gasteiger partial charge is 0.489 e. The van der Waals surface area contributed by atoms with E-state index in [-0.39, 0.29) is 24.9 Å². The van der Waals surface area contributed by atoms with Crippen LogP contribution in [0.1, 0.15) is 22.5 Å². The van der Waals surface area contributed by atoms with Gasteiger partial charge in [0, 0.05) is 25.6 Å². The summed E-state index contributed by atoms with van der Waals surface area (Å²) in [6.45, 7) is 0.741. The summed E-state index contributed by atoms with van der Waals surface area (Å²) in [4.78, 5) is 24.4. The molecule has 0 saturated carbocycles. The summed E-state index contributed by atoms with van der Waals surface area (Å²) in [6, 6.07) is 16.6. The van der Waals surface area contributed by atoms with Crippen molar-refractivity contribution in [3.8, 4) is 5.75 Å². The lowest BCUT2D eigenvalue weighted by molar-refractivity contribution is -0.124. The van der Waals surface area contributed by atoms with Gasteiger partial charge in [0.05, 0.1) is 5.56 Å². The smallest absolute Gasteiger partial charge is 0.375 e. The van der Waals surface area contributed by atoms with Gasteiger partial charge in [-0.3, -0.25) is 4.79 Å². The van der Waals surface area contributed by atoms with Gasteiger partial charge in [0.15, 0.2) is 6.61 Å². The molecule has 0 aliphatic carbocycles. The van der Waals surface area contributed by atoms with E-state index in [1.807, 2.05) is 48.5 Å². The first-order valence-electron chi connectivity index (χ1n) is 9.30. The molecule has 1 heterocycles. The van der Waals surface area contributed by atoms with Crippen molar-refractivity contribution in [1.82, 2.24) is 5.32 Å². The third-order valence-electron chi connectivity index (χ3n) is 4.19. The molecule has 0 atom stereocenters. The van der Waals surface area contributed by atoms with Gasteiger partial charge in [-0.2, -0.15) is 0 Å². The van der Waals surface area contributed by atoms with Crippen molar-refractivity contribution < 1.29 is 28.2 Å². The van der Waals surface area contributed by atoms with Gasteiger partial charge in [-0.05, 0) is 24.6 Å². The Morgan fingerprint density at radius 3 is 2.59 bits per heavy atom. The van der Waals surface area contributed by atoms with Crippen molar-refractivity contribution in [1.29, 1.82) is 0 Å². The minimum Gasteiger partial charge on any atom is -0.489 e. The van der Waals surface area contributed by atoms with Crippen LogP contribution in [0.4, 0.5) is 0 Å². The molecule has 0 bridgehead atoms. The fraction of sp³-hybridized carbons (Fsp3) is 0.273. The zero-order valence-corrected chi connectivity index (χ0v) is 16.2. The second-order valence-electron chi connectivity index (χ2n) is 6.28. The van der Waals surface area contributed by atoms with Crippen LogP contribution in [0.3, 0.4) is 0 Å². The number of hydrogen-bond donors (Lipinski definition) is 1. The average molecular weight is 397 g/mol. The van der Waals surface area contributed by atoms with Crippen LogP contribution in [0.15, 0.2) is 59.0 Å². The third-order valence-corrected chi connectivity index (χ3v) is 4.19. The van der Waals surface area contributed by atoms with E-state index in [1.54, 1.807) is 13.2 Å². The number of esters is 1. The zero-order chi connectivity index (χ0) is 20.5. The van der Waals surface area contributed by atoms with Gasteiger partial charge < -0.3 is 23.9 Å². The van der Waals surface area contributed by atoms with Gasteiger partial charge in [-0.15, -0.1) is 0 Å². The van der Waals surface area contributed by atoms with Crippen LogP contribution >= 0.6 is 0 Å². The quantitative estimate of drug-likeness (QED) is 0.417. The number of para-hydroxylation sites is 2. The number of nitrogens with one attached hydrogen (secondary N) is 1. The molecule has 0 radical (unpaired) electrons. The molecule has 152 valence electrons. The van der Waals surface area contributed by atoms with Crippen LogP contribution in [0.25, 0.3) is 11.0 Å². The van der Waals surface area contributed by atoms with Crippen LogP contribution in [0.2, 0.25) is 0 Å². The Morgan fingerprint density at radius 1 is 1.03 bits per heavy atom. The minimum atomic E-state index is -0.708. The number of furan rings is 1. The average Bonchev–Trinajstić information content (AvgIpc) is 3.13. The summed E-state index contributed by atoms with van der Waals surface area (Å²) >= 11 is 0. The molecular formula is C22H23NO6. The van der Waals surface area contributed by atoms with Gasteiger partial charge in [0.1, 0.15) is 17.9 Å². The highest BCUT2D eigenvalue weighted by atomic mass is 16.5. The predicted molar refractivity (Wildman–Crippen MR) is 107 cm³/mol. The molecule has 0 spiro atoms. The molecule has 2 aromatic carbocycles. The number of amides is 1. The number of rotatable bonds is 10. The first-order valence-corrected chi connectivity index (χ1v) is 9.30. The maximum Gasteiger partial charge on any atom is 0.375 e. The fourth-order valence-corrected chi connectivity index (χ4v) is 2.77. The van der Waals surface area contributed by atoms with Crippen LogP contribution in [0, 0.1) is 0 Å². The predicted octanol–water partition coefficient (Wildman–Crippen LogP) is 3.32. The lowest BCUT2D eigenvalue weighted by Crippen LogP contribution is -2.30. The maximum atomic E-state index is 12.6. The van der Waals surface area contributed by atoms with E-state index in [0.717, 1.165) is 5.39 Å². The molecule has 0 saturated heterocycles. The van der Waals surface area contributed by atoms with Crippen molar-refractivity contribution in [3.63, 3.8) is 0 Å². The van der Waals surface area contributed by atoms with Crippen molar-refractivity contribution >= 4 is 22.8 Å². The van der Waals surface area contributed by atoms with Gasteiger partial charge in [0.2, 0.25) is 5.76 Å². The highest BCUT2D eigenvalue weighted by Crippen LogP contribution is 2.28. The van der Waals surface area contributed by atoms with Crippen molar-refractivity contribution in [3.05, 3.63) is 65.9 Å². The number of hydrogen-bond acceptors (Lipinski definition) is 6. The topological polar surface area (TPSA) is 87.0 Å². The summed E-state index contributed by atoms with van der Waals surface area (Å²) in [5, 5.41) is 3.42. The molecule has 1 amide bonds. The Morgan fingerprint density at radius 2 is 1.79 bits per heavy atom. The third kappa shape index (κ3) is 5.58. The van der Waals surface area contributed by atoms with Crippen molar-refractivity contribution in [2.45, 2.75) is 13.0 Å². The van der Waals surface area contributed by atoms with Crippen LogP contribution < -0.4 is 10.1 Å². The van der Waals surface area contributed by atoms with Crippen LogP contribution in [-0.2, 0) is 20.9 Å². The normalized spacial score (nSPS) is 10.7. The number of benzene rings is 2. The van der Waals surface area contributed by atoms with E-state index >= 15 is 0 Å². The summed E-state index contributed by atoms with van der Waals surface area (Å²) < 4.78 is 21.5. The summed E-state index contributed by atoms with van der Waals surface area (Å²) in [6.07, 6.45) is 0.681. The second-order valence-corrected chi connectivity index (χ2v) is 6.28. The van der Waals surface area contributed by atoms with E-state index in [2.05, 4.69) is 5.32 Å².